The molecule has 116 valence electrons. The lowest BCUT2D eigenvalue weighted by atomic mass is 10.0. The molecule has 2 N–H and O–H groups in total. The number of rotatable bonds is 5. The van der Waals surface area contributed by atoms with Crippen molar-refractivity contribution in [1.82, 2.24) is 9.88 Å². The molecule has 6 heteroatoms. The molecular formula is C14H25Cl2N3O. The van der Waals surface area contributed by atoms with Gasteiger partial charge in [-0.25, -0.2) is 0 Å². The fourth-order valence-electron chi connectivity index (χ4n) is 1.69. The van der Waals surface area contributed by atoms with Gasteiger partial charge in [-0.3, -0.25) is 9.78 Å². The molecule has 0 aromatic carbocycles. The van der Waals surface area contributed by atoms with E-state index < -0.39 is 0 Å². The first-order valence-corrected chi connectivity index (χ1v) is 6.36. The number of amides is 1. The van der Waals surface area contributed by atoms with Crippen LogP contribution in [0.2, 0.25) is 0 Å². The van der Waals surface area contributed by atoms with Crippen LogP contribution in [-0.2, 0) is 0 Å². The zero-order chi connectivity index (χ0) is 13.7. The van der Waals surface area contributed by atoms with Gasteiger partial charge in [0.1, 0.15) is 0 Å². The third-order valence-corrected chi connectivity index (χ3v) is 3.24. The second-order valence-corrected chi connectivity index (χ2v) is 5.06. The number of nitrogens with two attached hydrogens (primary N) is 1. The van der Waals surface area contributed by atoms with Crippen molar-refractivity contribution in [2.75, 3.05) is 13.6 Å². The highest BCUT2D eigenvalue weighted by molar-refractivity contribution is 5.94. The van der Waals surface area contributed by atoms with Gasteiger partial charge in [0, 0.05) is 31.5 Å². The van der Waals surface area contributed by atoms with Gasteiger partial charge in [-0.05, 0) is 31.4 Å². The zero-order valence-corrected chi connectivity index (χ0v) is 14.1. The van der Waals surface area contributed by atoms with E-state index >= 15 is 0 Å². The van der Waals surface area contributed by atoms with Crippen molar-refractivity contribution in [2.24, 2.45) is 11.7 Å². The average Bonchev–Trinajstić information content (AvgIpc) is 2.35. The van der Waals surface area contributed by atoms with Crippen molar-refractivity contribution in [3.05, 3.63) is 29.6 Å². The van der Waals surface area contributed by atoms with Gasteiger partial charge in [-0.15, -0.1) is 24.8 Å². The van der Waals surface area contributed by atoms with Crippen LogP contribution in [0.1, 0.15) is 36.3 Å². The fraction of sp³-hybridized carbons (Fsp3) is 0.571. The van der Waals surface area contributed by atoms with Crippen molar-refractivity contribution < 1.29 is 4.79 Å². The van der Waals surface area contributed by atoms with Crippen LogP contribution in [0.25, 0.3) is 0 Å². The largest absolute Gasteiger partial charge is 0.342 e. The lowest BCUT2D eigenvalue weighted by molar-refractivity contribution is 0.0788. The molecule has 1 unspecified atom stereocenters. The van der Waals surface area contributed by atoms with Crippen molar-refractivity contribution in [2.45, 2.75) is 33.2 Å². The smallest absolute Gasteiger partial charge is 0.255 e. The second-order valence-electron chi connectivity index (χ2n) is 5.06. The molecule has 0 saturated carbocycles. The minimum absolute atomic E-state index is 0. The Hall–Kier alpha value is -0.840. The van der Waals surface area contributed by atoms with Gasteiger partial charge >= 0.3 is 0 Å². The number of pyridine rings is 1. The maximum Gasteiger partial charge on any atom is 0.255 e. The molecule has 0 aliphatic heterocycles. The molecule has 0 aliphatic rings. The van der Waals surface area contributed by atoms with Crippen LogP contribution in [0.5, 0.6) is 0 Å². The minimum Gasteiger partial charge on any atom is -0.342 e. The molecule has 1 aromatic rings. The van der Waals surface area contributed by atoms with Gasteiger partial charge in [0.05, 0.1) is 5.56 Å². The lowest BCUT2D eigenvalue weighted by Gasteiger charge is -2.22. The number of halogens is 2. The highest BCUT2D eigenvalue weighted by Gasteiger charge is 2.16. The van der Waals surface area contributed by atoms with Gasteiger partial charge < -0.3 is 10.6 Å². The fourth-order valence-corrected chi connectivity index (χ4v) is 1.69. The summed E-state index contributed by atoms with van der Waals surface area (Å²) in [7, 11) is 1.81. The molecule has 0 radical (unpaired) electrons. The van der Waals surface area contributed by atoms with Crippen LogP contribution in [-0.4, -0.2) is 35.4 Å². The summed E-state index contributed by atoms with van der Waals surface area (Å²) < 4.78 is 0. The van der Waals surface area contributed by atoms with Crippen molar-refractivity contribution in [3.8, 4) is 0 Å². The summed E-state index contributed by atoms with van der Waals surface area (Å²) in [5.41, 5.74) is 7.41. The lowest BCUT2D eigenvalue weighted by Crippen LogP contribution is -2.35. The highest BCUT2D eigenvalue weighted by atomic mass is 35.5. The third-order valence-electron chi connectivity index (χ3n) is 3.24. The molecule has 0 bridgehead atoms. The topological polar surface area (TPSA) is 59.2 Å². The summed E-state index contributed by atoms with van der Waals surface area (Å²) in [6.07, 6.45) is 2.51. The van der Waals surface area contributed by atoms with E-state index in [2.05, 4.69) is 18.8 Å². The van der Waals surface area contributed by atoms with Crippen LogP contribution in [0.4, 0.5) is 0 Å². The molecule has 0 saturated heterocycles. The number of carbonyl (C=O) groups is 1. The van der Waals surface area contributed by atoms with Gasteiger partial charge in [-0.2, -0.15) is 0 Å². The van der Waals surface area contributed by atoms with Crippen LogP contribution >= 0.6 is 24.8 Å². The van der Waals surface area contributed by atoms with E-state index in [9.17, 15) is 4.79 Å². The molecule has 1 heterocycles. The van der Waals surface area contributed by atoms with Crippen molar-refractivity contribution >= 4 is 30.7 Å². The number of nitrogens with zero attached hydrogens (tertiary/aromatic N) is 2. The van der Waals surface area contributed by atoms with E-state index in [1.807, 2.05) is 20.0 Å². The molecule has 1 atom stereocenters. The van der Waals surface area contributed by atoms with E-state index in [0.29, 0.717) is 18.0 Å². The molecule has 20 heavy (non-hydrogen) atoms. The van der Waals surface area contributed by atoms with Crippen LogP contribution in [0, 0.1) is 12.8 Å². The summed E-state index contributed by atoms with van der Waals surface area (Å²) >= 11 is 0. The summed E-state index contributed by atoms with van der Waals surface area (Å²) in [6.45, 7) is 6.71. The number of carbonyl (C=O) groups excluding carboxylic acids is 1. The number of hydrogen-bond acceptors (Lipinski definition) is 3. The molecule has 4 nitrogen and oxygen atoms in total. The maximum atomic E-state index is 12.2. The van der Waals surface area contributed by atoms with Crippen molar-refractivity contribution in [1.29, 1.82) is 0 Å². The molecule has 0 aliphatic carbocycles. The molecule has 1 rings (SSSR count). The molecule has 0 fully saturated rings. The Morgan fingerprint density at radius 1 is 1.40 bits per heavy atom. The molecule has 1 amide bonds. The first-order chi connectivity index (χ1) is 8.43. The Balaban J connectivity index is 0. The number of hydrogen-bond donors (Lipinski definition) is 1. The van der Waals surface area contributed by atoms with E-state index in [1.54, 1.807) is 17.2 Å². The first kappa shape index (κ1) is 21.5. The summed E-state index contributed by atoms with van der Waals surface area (Å²) in [6, 6.07) is 3.73. The van der Waals surface area contributed by atoms with Crippen LogP contribution in [0.3, 0.4) is 0 Å². The Labute approximate surface area is 134 Å². The Morgan fingerprint density at radius 2 is 2.00 bits per heavy atom. The monoisotopic (exact) mass is 321 g/mol. The summed E-state index contributed by atoms with van der Waals surface area (Å²) in [4.78, 5) is 18.0. The quantitative estimate of drug-likeness (QED) is 0.907. The number of aryl methyl sites for hydroxylation is 1. The van der Waals surface area contributed by atoms with E-state index in [1.165, 1.54) is 0 Å². The summed E-state index contributed by atoms with van der Waals surface area (Å²) in [5.74, 6) is 0.449. The summed E-state index contributed by atoms with van der Waals surface area (Å²) in [5, 5.41) is 0. The highest BCUT2D eigenvalue weighted by Crippen LogP contribution is 2.09. The molecule has 1 aromatic heterocycles. The predicted octanol–water partition coefficient (Wildman–Crippen LogP) is 2.68. The Bertz CT molecular complexity index is 413. The van der Waals surface area contributed by atoms with Gasteiger partial charge in [0.25, 0.3) is 5.91 Å². The average molecular weight is 322 g/mol. The Morgan fingerprint density at radius 3 is 2.50 bits per heavy atom. The van der Waals surface area contributed by atoms with Gasteiger partial charge in [-0.1, -0.05) is 13.8 Å². The van der Waals surface area contributed by atoms with Crippen molar-refractivity contribution in [3.63, 3.8) is 0 Å². The zero-order valence-electron chi connectivity index (χ0n) is 12.5. The Kier molecular flexibility index (Phi) is 10.7. The van der Waals surface area contributed by atoms with Crippen LogP contribution < -0.4 is 5.73 Å². The second kappa shape index (κ2) is 9.97. The van der Waals surface area contributed by atoms with E-state index in [-0.39, 0.29) is 36.8 Å². The third kappa shape index (κ3) is 6.07. The first-order valence-electron chi connectivity index (χ1n) is 6.36. The van der Waals surface area contributed by atoms with Crippen LogP contribution in [0.15, 0.2) is 18.3 Å². The standard InChI is InChI=1S/C14H23N3O.2ClH/c1-10(2)13(15)7-9-17(4)14(18)12-6-5-8-16-11(12)3;;/h5-6,8,10,13H,7,9,15H2,1-4H3;2*1H. The SMILES string of the molecule is Cc1ncccc1C(=O)N(C)CCC(N)C(C)C.Cl.Cl. The van der Waals surface area contributed by atoms with Gasteiger partial charge in [0.2, 0.25) is 0 Å². The minimum atomic E-state index is 0. The molecular weight excluding hydrogens is 297 g/mol. The van der Waals surface area contributed by atoms with E-state index in [0.717, 1.165) is 12.1 Å². The maximum absolute atomic E-state index is 12.2. The van der Waals surface area contributed by atoms with Gasteiger partial charge in [0.15, 0.2) is 0 Å². The normalized spacial score (nSPS) is 11.3. The van der Waals surface area contributed by atoms with E-state index in [4.69, 9.17) is 5.73 Å². The predicted molar refractivity (Wildman–Crippen MR) is 87.9 cm³/mol. The number of aromatic nitrogens is 1. The molecule has 0 spiro atoms.